The number of primary amides is 1. The molecule has 2 N–H and O–H groups in total. The lowest BCUT2D eigenvalue weighted by Gasteiger charge is -2.31. The molecular formula is C14H19IN2O. The maximum atomic E-state index is 10.9. The maximum Gasteiger partial charge on any atom is 0.217 e. The van der Waals surface area contributed by atoms with Gasteiger partial charge in [-0.15, -0.1) is 0 Å². The van der Waals surface area contributed by atoms with E-state index >= 15 is 0 Å². The van der Waals surface area contributed by atoms with Crippen LogP contribution in [0.1, 0.15) is 24.8 Å². The summed E-state index contributed by atoms with van der Waals surface area (Å²) in [5, 5.41) is 0. The van der Waals surface area contributed by atoms with Gasteiger partial charge in [-0.3, -0.25) is 9.69 Å². The van der Waals surface area contributed by atoms with Crippen LogP contribution >= 0.6 is 22.6 Å². The van der Waals surface area contributed by atoms with E-state index < -0.39 is 0 Å². The molecule has 1 fully saturated rings. The number of rotatable bonds is 4. The van der Waals surface area contributed by atoms with Crippen LogP contribution < -0.4 is 5.73 Å². The first-order valence-electron chi connectivity index (χ1n) is 6.38. The second-order valence-corrected chi connectivity index (χ2v) is 6.26. The van der Waals surface area contributed by atoms with Crippen LogP contribution in [0, 0.1) is 9.49 Å². The summed E-state index contributed by atoms with van der Waals surface area (Å²) >= 11 is 2.32. The minimum atomic E-state index is -0.161. The second-order valence-electron chi connectivity index (χ2n) is 5.02. The van der Waals surface area contributed by atoms with Gasteiger partial charge < -0.3 is 5.73 Å². The first kappa shape index (κ1) is 13.8. The van der Waals surface area contributed by atoms with Crippen LogP contribution in [0.3, 0.4) is 0 Å². The summed E-state index contributed by atoms with van der Waals surface area (Å²) in [7, 11) is 0. The third-order valence-electron chi connectivity index (χ3n) is 3.52. The minimum Gasteiger partial charge on any atom is -0.370 e. The molecule has 3 nitrogen and oxygen atoms in total. The first-order valence-corrected chi connectivity index (χ1v) is 7.46. The zero-order valence-electron chi connectivity index (χ0n) is 10.4. The molecule has 98 valence electrons. The molecule has 0 spiro atoms. The Morgan fingerprint density at radius 3 is 2.44 bits per heavy atom. The highest BCUT2D eigenvalue weighted by molar-refractivity contribution is 14.1. The standard InChI is InChI=1S/C14H19IN2O/c15-13-3-1-12(2-4-13)10-17-7-5-11(6-8-17)9-14(16)18/h1-4,11H,5-10H2,(H2,16,18). The Morgan fingerprint density at radius 2 is 1.89 bits per heavy atom. The number of carbonyl (C=O) groups is 1. The van der Waals surface area contributed by atoms with Crippen molar-refractivity contribution >= 4 is 28.5 Å². The van der Waals surface area contributed by atoms with Crippen molar-refractivity contribution < 1.29 is 4.79 Å². The number of amides is 1. The van der Waals surface area contributed by atoms with E-state index in [0.29, 0.717) is 12.3 Å². The number of nitrogens with zero attached hydrogens (tertiary/aromatic N) is 1. The van der Waals surface area contributed by atoms with Crippen LogP contribution in [0.5, 0.6) is 0 Å². The fourth-order valence-electron chi connectivity index (χ4n) is 2.48. The number of likely N-dealkylation sites (tertiary alicyclic amines) is 1. The van der Waals surface area contributed by atoms with E-state index in [4.69, 9.17) is 5.73 Å². The average molecular weight is 358 g/mol. The van der Waals surface area contributed by atoms with E-state index in [-0.39, 0.29) is 5.91 Å². The summed E-state index contributed by atoms with van der Waals surface area (Å²) in [4.78, 5) is 13.3. The molecule has 0 saturated carbocycles. The van der Waals surface area contributed by atoms with Gasteiger partial charge in [0.1, 0.15) is 0 Å². The van der Waals surface area contributed by atoms with Crippen molar-refractivity contribution in [1.29, 1.82) is 0 Å². The van der Waals surface area contributed by atoms with E-state index in [2.05, 4.69) is 51.8 Å². The Balaban J connectivity index is 1.79. The van der Waals surface area contributed by atoms with Gasteiger partial charge in [0, 0.05) is 16.5 Å². The number of hydrogen-bond acceptors (Lipinski definition) is 2. The molecule has 1 aliphatic rings. The molecule has 1 aromatic carbocycles. The summed E-state index contributed by atoms with van der Waals surface area (Å²) in [5.41, 5.74) is 6.61. The third-order valence-corrected chi connectivity index (χ3v) is 4.24. The Bertz CT molecular complexity index is 397. The van der Waals surface area contributed by atoms with Crippen molar-refractivity contribution in [3.05, 3.63) is 33.4 Å². The molecule has 0 atom stereocenters. The van der Waals surface area contributed by atoms with E-state index in [0.717, 1.165) is 32.5 Å². The molecule has 1 aliphatic heterocycles. The van der Waals surface area contributed by atoms with E-state index in [1.54, 1.807) is 0 Å². The van der Waals surface area contributed by atoms with E-state index in [1.807, 2.05) is 0 Å². The van der Waals surface area contributed by atoms with Gasteiger partial charge in [-0.2, -0.15) is 0 Å². The predicted octanol–water partition coefficient (Wildman–Crippen LogP) is 2.38. The highest BCUT2D eigenvalue weighted by Crippen LogP contribution is 2.21. The van der Waals surface area contributed by atoms with Gasteiger partial charge >= 0.3 is 0 Å². The Morgan fingerprint density at radius 1 is 1.28 bits per heavy atom. The molecule has 2 rings (SSSR count). The summed E-state index contributed by atoms with van der Waals surface area (Å²) in [5.74, 6) is 0.335. The number of benzene rings is 1. The van der Waals surface area contributed by atoms with Crippen LogP contribution in [0.15, 0.2) is 24.3 Å². The molecule has 1 amide bonds. The quantitative estimate of drug-likeness (QED) is 0.841. The van der Waals surface area contributed by atoms with E-state index in [1.165, 1.54) is 9.13 Å². The zero-order valence-corrected chi connectivity index (χ0v) is 12.6. The lowest BCUT2D eigenvalue weighted by Crippen LogP contribution is -2.34. The Hall–Kier alpha value is -0.620. The topological polar surface area (TPSA) is 46.3 Å². The second kappa shape index (κ2) is 6.52. The van der Waals surface area contributed by atoms with Gasteiger partial charge in [-0.25, -0.2) is 0 Å². The van der Waals surface area contributed by atoms with Gasteiger partial charge in [-0.05, 0) is 72.1 Å². The Labute approximate surface area is 122 Å². The lowest BCUT2D eigenvalue weighted by molar-refractivity contribution is -0.119. The predicted molar refractivity (Wildman–Crippen MR) is 81.0 cm³/mol. The zero-order chi connectivity index (χ0) is 13.0. The number of nitrogens with two attached hydrogens (primary N) is 1. The molecule has 4 heteroatoms. The average Bonchev–Trinajstić information content (AvgIpc) is 2.34. The van der Waals surface area contributed by atoms with E-state index in [9.17, 15) is 4.79 Å². The van der Waals surface area contributed by atoms with Crippen molar-refractivity contribution in [3.8, 4) is 0 Å². The summed E-state index contributed by atoms with van der Waals surface area (Å²) in [6.07, 6.45) is 2.73. The van der Waals surface area contributed by atoms with Gasteiger partial charge in [-0.1, -0.05) is 12.1 Å². The highest BCUT2D eigenvalue weighted by Gasteiger charge is 2.20. The highest BCUT2D eigenvalue weighted by atomic mass is 127. The van der Waals surface area contributed by atoms with Crippen molar-refractivity contribution in [1.82, 2.24) is 4.90 Å². The number of carbonyl (C=O) groups excluding carboxylic acids is 1. The van der Waals surface area contributed by atoms with Crippen molar-refractivity contribution in [2.45, 2.75) is 25.8 Å². The lowest BCUT2D eigenvalue weighted by atomic mass is 9.93. The number of piperidine rings is 1. The SMILES string of the molecule is NC(=O)CC1CCN(Cc2ccc(I)cc2)CC1. The summed E-state index contributed by atoms with van der Waals surface area (Å²) < 4.78 is 1.27. The van der Waals surface area contributed by atoms with Crippen molar-refractivity contribution in [3.63, 3.8) is 0 Å². The summed E-state index contributed by atoms with van der Waals surface area (Å²) in [6.45, 7) is 3.16. The number of halogens is 1. The van der Waals surface area contributed by atoms with Crippen LogP contribution in [0.2, 0.25) is 0 Å². The van der Waals surface area contributed by atoms with Gasteiger partial charge in [0.2, 0.25) is 5.91 Å². The molecule has 18 heavy (non-hydrogen) atoms. The normalized spacial score (nSPS) is 17.8. The minimum absolute atomic E-state index is 0.161. The fraction of sp³-hybridized carbons (Fsp3) is 0.500. The molecule has 1 aromatic rings. The first-order chi connectivity index (χ1) is 8.63. The van der Waals surface area contributed by atoms with Crippen LogP contribution in [-0.2, 0) is 11.3 Å². The molecule has 1 saturated heterocycles. The Kier molecular flexibility index (Phi) is 5.00. The maximum absolute atomic E-state index is 10.9. The van der Waals surface area contributed by atoms with Gasteiger partial charge in [0.25, 0.3) is 0 Å². The van der Waals surface area contributed by atoms with Gasteiger partial charge in [0.15, 0.2) is 0 Å². The molecule has 1 heterocycles. The van der Waals surface area contributed by atoms with Crippen molar-refractivity contribution in [2.24, 2.45) is 11.7 Å². The van der Waals surface area contributed by atoms with Crippen molar-refractivity contribution in [2.75, 3.05) is 13.1 Å². The smallest absolute Gasteiger partial charge is 0.217 e. The largest absolute Gasteiger partial charge is 0.370 e. The molecule has 0 unspecified atom stereocenters. The molecule has 0 radical (unpaired) electrons. The van der Waals surface area contributed by atoms with Crippen LogP contribution in [0.4, 0.5) is 0 Å². The molecule has 0 bridgehead atoms. The molecule has 0 aliphatic carbocycles. The monoisotopic (exact) mass is 358 g/mol. The van der Waals surface area contributed by atoms with Crippen LogP contribution in [0.25, 0.3) is 0 Å². The number of hydrogen-bond donors (Lipinski definition) is 1. The van der Waals surface area contributed by atoms with Crippen LogP contribution in [-0.4, -0.2) is 23.9 Å². The fourth-order valence-corrected chi connectivity index (χ4v) is 2.84. The summed E-state index contributed by atoms with van der Waals surface area (Å²) in [6, 6.07) is 8.68. The molecular weight excluding hydrogens is 339 g/mol. The third kappa shape index (κ3) is 4.24. The van der Waals surface area contributed by atoms with Gasteiger partial charge in [0.05, 0.1) is 0 Å². The molecule has 0 aromatic heterocycles.